The predicted molar refractivity (Wildman–Crippen MR) is 169 cm³/mol. The fourth-order valence-corrected chi connectivity index (χ4v) is 7.22. The van der Waals surface area contributed by atoms with Gasteiger partial charge in [0.25, 0.3) is 0 Å². The van der Waals surface area contributed by atoms with Crippen LogP contribution in [0.2, 0.25) is 0 Å². The Bertz CT molecular complexity index is 1340. The standard InChI is InChI=1S/C37H42N2O2/c1-26-8-10-27(11-9-26)28-20-22-37(23-21-28,29-12-16-33(17-13-29)40-35-6-2-4-31(38)24-35)30-14-18-34(19-15-30)41-36-7-3-5-32(39)25-36/h2-7,12-19,24-28H,8-11,20-23,38-39H2,1H3/t26-,27+. The molecule has 212 valence electrons. The second-order valence-electron chi connectivity index (χ2n) is 12.3. The van der Waals surface area contributed by atoms with Gasteiger partial charge >= 0.3 is 0 Å². The van der Waals surface area contributed by atoms with Crippen molar-refractivity contribution in [1.29, 1.82) is 0 Å². The van der Waals surface area contributed by atoms with Crippen molar-refractivity contribution in [2.45, 2.75) is 63.7 Å². The predicted octanol–water partition coefficient (Wildman–Crippen LogP) is 9.74. The summed E-state index contributed by atoms with van der Waals surface area (Å²) in [5.41, 5.74) is 16.0. The third kappa shape index (κ3) is 6.22. The highest BCUT2D eigenvalue weighted by Crippen LogP contribution is 2.50. The number of nitrogens with two attached hydrogens (primary N) is 2. The van der Waals surface area contributed by atoms with E-state index in [1.165, 1.54) is 49.7 Å². The van der Waals surface area contributed by atoms with Crippen LogP contribution in [0.3, 0.4) is 0 Å². The highest BCUT2D eigenvalue weighted by molar-refractivity contribution is 5.48. The summed E-state index contributed by atoms with van der Waals surface area (Å²) >= 11 is 0. The maximum atomic E-state index is 6.12. The van der Waals surface area contributed by atoms with Crippen LogP contribution < -0.4 is 20.9 Å². The average Bonchev–Trinajstić information content (AvgIpc) is 2.99. The van der Waals surface area contributed by atoms with Gasteiger partial charge < -0.3 is 20.9 Å². The van der Waals surface area contributed by atoms with E-state index in [0.29, 0.717) is 11.4 Å². The Morgan fingerprint density at radius 1 is 0.537 bits per heavy atom. The van der Waals surface area contributed by atoms with Gasteiger partial charge in [0.2, 0.25) is 0 Å². The summed E-state index contributed by atoms with van der Waals surface area (Å²) in [5, 5.41) is 0. The van der Waals surface area contributed by atoms with Gasteiger partial charge in [-0.05, 0) is 116 Å². The lowest BCUT2D eigenvalue weighted by Crippen LogP contribution is -2.35. The first kappa shape index (κ1) is 27.3. The molecule has 4 N–H and O–H groups in total. The fraction of sp³-hybridized carbons (Fsp3) is 0.351. The zero-order valence-electron chi connectivity index (χ0n) is 24.1. The van der Waals surface area contributed by atoms with Gasteiger partial charge in [-0.25, -0.2) is 0 Å². The molecule has 4 nitrogen and oxygen atoms in total. The number of rotatable bonds is 7. The first-order chi connectivity index (χ1) is 20.0. The number of hydrogen-bond donors (Lipinski definition) is 2. The maximum absolute atomic E-state index is 6.12. The Labute approximate surface area is 244 Å². The van der Waals surface area contributed by atoms with E-state index in [2.05, 4.69) is 55.5 Å². The van der Waals surface area contributed by atoms with E-state index in [1.807, 2.05) is 48.5 Å². The Morgan fingerprint density at radius 2 is 0.976 bits per heavy atom. The molecule has 0 heterocycles. The molecule has 0 saturated heterocycles. The lowest BCUT2D eigenvalue weighted by atomic mass is 9.60. The van der Waals surface area contributed by atoms with Crippen molar-refractivity contribution in [2.24, 2.45) is 17.8 Å². The molecule has 6 rings (SSSR count). The molecule has 0 radical (unpaired) electrons. The topological polar surface area (TPSA) is 70.5 Å². The van der Waals surface area contributed by atoms with Crippen molar-refractivity contribution in [3.05, 3.63) is 108 Å². The van der Waals surface area contributed by atoms with Crippen molar-refractivity contribution in [3.63, 3.8) is 0 Å². The number of nitrogen functional groups attached to an aromatic ring is 2. The van der Waals surface area contributed by atoms with Gasteiger partial charge in [0.15, 0.2) is 0 Å². The smallest absolute Gasteiger partial charge is 0.129 e. The normalized spacial score (nSPS) is 20.8. The molecule has 2 fully saturated rings. The van der Waals surface area contributed by atoms with Gasteiger partial charge in [0.05, 0.1) is 0 Å². The summed E-state index contributed by atoms with van der Waals surface area (Å²) < 4.78 is 12.2. The van der Waals surface area contributed by atoms with Gasteiger partial charge in [-0.2, -0.15) is 0 Å². The molecule has 0 bridgehead atoms. The molecule has 0 aliphatic heterocycles. The number of ether oxygens (including phenoxy) is 2. The van der Waals surface area contributed by atoms with Crippen molar-refractivity contribution in [3.8, 4) is 23.0 Å². The molecule has 4 aromatic carbocycles. The van der Waals surface area contributed by atoms with E-state index in [-0.39, 0.29) is 5.41 Å². The monoisotopic (exact) mass is 546 g/mol. The Morgan fingerprint density at radius 3 is 1.41 bits per heavy atom. The van der Waals surface area contributed by atoms with Crippen molar-refractivity contribution >= 4 is 11.4 Å². The van der Waals surface area contributed by atoms with Crippen molar-refractivity contribution in [1.82, 2.24) is 0 Å². The Hall–Kier alpha value is -3.92. The third-order valence-electron chi connectivity index (χ3n) is 9.61. The van der Waals surface area contributed by atoms with Crippen molar-refractivity contribution < 1.29 is 9.47 Å². The van der Waals surface area contributed by atoms with Crippen LogP contribution in [-0.2, 0) is 5.41 Å². The molecule has 0 aromatic heterocycles. The first-order valence-corrected chi connectivity index (χ1v) is 15.2. The molecule has 41 heavy (non-hydrogen) atoms. The molecular formula is C37H42N2O2. The van der Waals surface area contributed by atoms with E-state index < -0.39 is 0 Å². The zero-order chi connectivity index (χ0) is 28.2. The summed E-state index contributed by atoms with van der Waals surface area (Å²) in [6, 6.07) is 32.6. The van der Waals surface area contributed by atoms with Crippen LogP contribution in [0.1, 0.15) is 69.4 Å². The van der Waals surface area contributed by atoms with E-state index >= 15 is 0 Å². The quantitative estimate of drug-likeness (QED) is 0.226. The third-order valence-corrected chi connectivity index (χ3v) is 9.61. The summed E-state index contributed by atoms with van der Waals surface area (Å²) in [7, 11) is 0. The van der Waals surface area contributed by atoms with Gasteiger partial charge in [0.1, 0.15) is 23.0 Å². The van der Waals surface area contributed by atoms with Crippen LogP contribution >= 0.6 is 0 Å². The number of hydrogen-bond acceptors (Lipinski definition) is 4. The molecule has 0 amide bonds. The second kappa shape index (κ2) is 11.9. The molecule has 4 heteroatoms. The molecule has 2 saturated carbocycles. The molecule has 2 aliphatic carbocycles. The van der Waals surface area contributed by atoms with E-state index in [1.54, 1.807) is 0 Å². The van der Waals surface area contributed by atoms with Gasteiger partial charge in [-0.15, -0.1) is 0 Å². The van der Waals surface area contributed by atoms with E-state index in [4.69, 9.17) is 20.9 Å². The van der Waals surface area contributed by atoms with Gasteiger partial charge in [-0.3, -0.25) is 0 Å². The van der Waals surface area contributed by atoms with E-state index in [9.17, 15) is 0 Å². The van der Waals surface area contributed by atoms with Crippen LogP contribution in [0.15, 0.2) is 97.1 Å². The van der Waals surface area contributed by atoms with Crippen LogP contribution in [-0.4, -0.2) is 0 Å². The van der Waals surface area contributed by atoms with Crippen molar-refractivity contribution in [2.75, 3.05) is 11.5 Å². The molecule has 0 unspecified atom stereocenters. The zero-order valence-corrected chi connectivity index (χ0v) is 24.1. The SMILES string of the molecule is C[C@H]1CC[C@@H](C2CCC(c3ccc(Oc4cccc(N)c4)cc3)(c3ccc(Oc4cccc(N)c4)cc3)CC2)CC1. The number of anilines is 2. The summed E-state index contributed by atoms with van der Waals surface area (Å²) in [4.78, 5) is 0. The lowest BCUT2D eigenvalue weighted by Gasteiger charge is -2.44. The molecule has 0 atom stereocenters. The summed E-state index contributed by atoms with van der Waals surface area (Å²) in [5.74, 6) is 5.79. The minimum atomic E-state index is -0.0239. The largest absolute Gasteiger partial charge is 0.457 e. The van der Waals surface area contributed by atoms with Crippen LogP contribution in [0.4, 0.5) is 11.4 Å². The van der Waals surface area contributed by atoms with Gasteiger partial charge in [0, 0.05) is 28.9 Å². The fourth-order valence-electron chi connectivity index (χ4n) is 7.22. The molecule has 0 spiro atoms. The summed E-state index contributed by atoms with van der Waals surface area (Å²) in [6.07, 6.45) is 10.5. The van der Waals surface area contributed by atoms with Crippen LogP contribution in [0, 0.1) is 17.8 Å². The Kier molecular flexibility index (Phi) is 7.91. The number of benzene rings is 4. The average molecular weight is 547 g/mol. The highest BCUT2D eigenvalue weighted by atomic mass is 16.5. The minimum Gasteiger partial charge on any atom is -0.457 e. The summed E-state index contributed by atoms with van der Waals surface area (Å²) in [6.45, 7) is 2.42. The minimum absolute atomic E-state index is 0.0239. The lowest BCUT2D eigenvalue weighted by molar-refractivity contribution is 0.147. The van der Waals surface area contributed by atoms with Crippen LogP contribution in [0.25, 0.3) is 0 Å². The molecular weight excluding hydrogens is 504 g/mol. The second-order valence-corrected chi connectivity index (χ2v) is 12.3. The maximum Gasteiger partial charge on any atom is 0.129 e. The highest BCUT2D eigenvalue weighted by Gasteiger charge is 2.40. The molecule has 2 aliphatic rings. The van der Waals surface area contributed by atoms with Crippen LogP contribution in [0.5, 0.6) is 23.0 Å². The van der Waals surface area contributed by atoms with Gasteiger partial charge in [-0.1, -0.05) is 56.2 Å². The first-order valence-electron chi connectivity index (χ1n) is 15.2. The molecule has 4 aromatic rings. The Balaban J connectivity index is 1.25. The van der Waals surface area contributed by atoms with E-state index in [0.717, 1.165) is 53.6 Å².